The SMILES string of the molecule is Brc1ccc2c(c1)OCCOCCOCCOCCOCCOCCOCCO2. The zero-order valence-corrected chi connectivity index (χ0v) is 18.4. The predicted octanol–water partition coefficient (Wildman–Crippen LogP) is 2.32. The zero-order valence-electron chi connectivity index (χ0n) is 16.8. The number of rotatable bonds is 0. The van der Waals surface area contributed by atoms with Crippen LogP contribution in [-0.2, 0) is 28.4 Å². The van der Waals surface area contributed by atoms with Gasteiger partial charge in [0.2, 0.25) is 0 Å². The predicted molar refractivity (Wildman–Crippen MR) is 110 cm³/mol. The van der Waals surface area contributed by atoms with Gasteiger partial charge in [0.1, 0.15) is 13.2 Å². The number of halogens is 1. The lowest BCUT2D eigenvalue weighted by atomic mass is 10.3. The maximum Gasteiger partial charge on any atom is 0.162 e. The topological polar surface area (TPSA) is 73.8 Å². The molecule has 0 saturated carbocycles. The number of hydrogen-bond donors (Lipinski definition) is 0. The van der Waals surface area contributed by atoms with Crippen molar-refractivity contribution in [3.8, 4) is 11.5 Å². The Hall–Kier alpha value is -0.940. The van der Waals surface area contributed by atoms with E-state index in [1.54, 1.807) is 0 Å². The van der Waals surface area contributed by atoms with E-state index in [9.17, 15) is 0 Å². The largest absolute Gasteiger partial charge is 0.487 e. The minimum atomic E-state index is 0.420. The second-order valence-corrected chi connectivity index (χ2v) is 6.88. The molecule has 0 saturated heterocycles. The summed E-state index contributed by atoms with van der Waals surface area (Å²) in [5.74, 6) is 1.33. The summed E-state index contributed by atoms with van der Waals surface area (Å²) in [7, 11) is 0. The first-order valence-electron chi connectivity index (χ1n) is 9.88. The summed E-state index contributed by atoms with van der Waals surface area (Å²) in [4.78, 5) is 0. The summed E-state index contributed by atoms with van der Waals surface area (Å²) in [5, 5.41) is 0. The highest BCUT2D eigenvalue weighted by Crippen LogP contribution is 2.30. The Labute approximate surface area is 180 Å². The summed E-state index contributed by atoms with van der Waals surface area (Å²) in [6.07, 6.45) is 0. The molecule has 1 aromatic rings. The number of hydrogen-bond acceptors (Lipinski definition) is 8. The molecule has 1 aromatic carbocycles. The van der Waals surface area contributed by atoms with Gasteiger partial charge in [-0.15, -0.1) is 0 Å². The molecule has 0 fully saturated rings. The van der Waals surface area contributed by atoms with E-state index in [1.165, 1.54) is 0 Å². The van der Waals surface area contributed by atoms with Crippen molar-refractivity contribution in [3.05, 3.63) is 22.7 Å². The van der Waals surface area contributed by atoms with Crippen LogP contribution in [0.25, 0.3) is 0 Å². The van der Waals surface area contributed by atoms with Crippen molar-refractivity contribution in [3.63, 3.8) is 0 Å². The average Bonchev–Trinajstić information content (AvgIpc) is 2.72. The molecule has 166 valence electrons. The smallest absolute Gasteiger partial charge is 0.162 e. The van der Waals surface area contributed by atoms with Crippen LogP contribution in [-0.4, -0.2) is 92.5 Å². The molecular formula is C20H31BrO8. The second-order valence-electron chi connectivity index (χ2n) is 5.96. The average molecular weight is 479 g/mol. The van der Waals surface area contributed by atoms with Gasteiger partial charge in [-0.25, -0.2) is 0 Å². The molecule has 0 aromatic heterocycles. The highest BCUT2D eigenvalue weighted by atomic mass is 79.9. The summed E-state index contributed by atoms with van der Waals surface area (Å²) < 4.78 is 45.3. The highest BCUT2D eigenvalue weighted by molar-refractivity contribution is 9.10. The van der Waals surface area contributed by atoms with Crippen LogP contribution < -0.4 is 9.47 Å². The summed E-state index contributed by atoms with van der Waals surface area (Å²) >= 11 is 3.45. The Morgan fingerprint density at radius 3 is 1.21 bits per heavy atom. The van der Waals surface area contributed by atoms with Crippen LogP contribution in [0.15, 0.2) is 22.7 Å². The van der Waals surface area contributed by atoms with Crippen LogP contribution in [0.1, 0.15) is 0 Å². The first-order valence-corrected chi connectivity index (χ1v) is 10.7. The van der Waals surface area contributed by atoms with Gasteiger partial charge in [0.25, 0.3) is 0 Å². The Kier molecular flexibility index (Phi) is 14.1. The van der Waals surface area contributed by atoms with E-state index in [0.29, 0.717) is 104 Å². The molecule has 1 aliphatic rings. The second kappa shape index (κ2) is 16.8. The van der Waals surface area contributed by atoms with Gasteiger partial charge in [-0.05, 0) is 18.2 Å². The van der Waals surface area contributed by atoms with Crippen LogP contribution in [0.3, 0.4) is 0 Å². The monoisotopic (exact) mass is 478 g/mol. The van der Waals surface area contributed by atoms with Crippen molar-refractivity contribution in [2.75, 3.05) is 92.5 Å². The van der Waals surface area contributed by atoms with Gasteiger partial charge in [-0.3, -0.25) is 0 Å². The van der Waals surface area contributed by atoms with Crippen LogP contribution in [0.5, 0.6) is 11.5 Å². The molecule has 1 heterocycles. The summed E-state index contributed by atoms with van der Waals surface area (Å²) in [6, 6.07) is 5.65. The molecule has 1 aliphatic heterocycles. The summed E-state index contributed by atoms with van der Waals surface area (Å²) in [5.41, 5.74) is 0. The Morgan fingerprint density at radius 2 is 0.793 bits per heavy atom. The van der Waals surface area contributed by atoms with Gasteiger partial charge in [0.15, 0.2) is 11.5 Å². The fourth-order valence-corrected chi connectivity index (χ4v) is 2.68. The van der Waals surface area contributed by atoms with Crippen molar-refractivity contribution in [2.24, 2.45) is 0 Å². The van der Waals surface area contributed by atoms with Gasteiger partial charge in [-0.2, -0.15) is 0 Å². The van der Waals surface area contributed by atoms with E-state index >= 15 is 0 Å². The van der Waals surface area contributed by atoms with Crippen molar-refractivity contribution >= 4 is 15.9 Å². The first-order chi connectivity index (χ1) is 14.4. The number of benzene rings is 1. The molecule has 0 atom stereocenters. The van der Waals surface area contributed by atoms with E-state index in [-0.39, 0.29) is 0 Å². The standard InChI is InChI=1S/C20H31BrO8/c21-18-1-2-19-20(17-18)29-16-14-27-12-10-25-8-6-23-4-3-22-5-7-24-9-11-26-13-15-28-19/h1-2,17H,3-16H2. The van der Waals surface area contributed by atoms with Gasteiger partial charge in [0.05, 0.1) is 79.3 Å². The third-order valence-electron chi connectivity index (χ3n) is 3.74. The van der Waals surface area contributed by atoms with Crippen LogP contribution in [0.2, 0.25) is 0 Å². The zero-order chi connectivity index (χ0) is 20.4. The van der Waals surface area contributed by atoms with Crippen molar-refractivity contribution in [1.29, 1.82) is 0 Å². The van der Waals surface area contributed by atoms with E-state index in [1.807, 2.05) is 18.2 Å². The van der Waals surface area contributed by atoms with Crippen LogP contribution in [0, 0.1) is 0 Å². The minimum Gasteiger partial charge on any atom is -0.487 e. The fourth-order valence-electron chi connectivity index (χ4n) is 2.34. The van der Waals surface area contributed by atoms with Gasteiger partial charge < -0.3 is 37.9 Å². The van der Waals surface area contributed by atoms with Gasteiger partial charge in [-0.1, -0.05) is 15.9 Å². The Morgan fingerprint density at radius 1 is 0.448 bits per heavy atom. The third kappa shape index (κ3) is 12.4. The molecule has 0 bridgehead atoms. The molecule has 0 N–H and O–H groups in total. The molecule has 0 aliphatic carbocycles. The molecule has 2 rings (SSSR count). The van der Waals surface area contributed by atoms with E-state index in [0.717, 1.165) is 4.47 Å². The Bertz CT molecular complexity index is 531. The maximum absolute atomic E-state index is 5.79. The molecular weight excluding hydrogens is 448 g/mol. The molecule has 0 spiro atoms. The first kappa shape index (κ1) is 24.3. The van der Waals surface area contributed by atoms with Crippen molar-refractivity contribution < 1.29 is 37.9 Å². The third-order valence-corrected chi connectivity index (χ3v) is 4.23. The normalized spacial score (nSPS) is 20.4. The number of fused-ring (bicyclic) bond motifs is 1. The van der Waals surface area contributed by atoms with Crippen LogP contribution in [0.4, 0.5) is 0 Å². The molecule has 0 radical (unpaired) electrons. The maximum atomic E-state index is 5.79. The van der Waals surface area contributed by atoms with E-state index in [2.05, 4.69) is 15.9 Å². The molecule has 0 unspecified atom stereocenters. The van der Waals surface area contributed by atoms with E-state index < -0.39 is 0 Å². The molecule has 0 amide bonds. The Balaban J connectivity index is 1.73. The van der Waals surface area contributed by atoms with Crippen molar-refractivity contribution in [1.82, 2.24) is 0 Å². The molecule has 9 heteroatoms. The minimum absolute atomic E-state index is 0.420. The van der Waals surface area contributed by atoms with Gasteiger partial charge >= 0.3 is 0 Å². The quantitative estimate of drug-likeness (QED) is 0.562. The lowest BCUT2D eigenvalue weighted by Gasteiger charge is -2.14. The number of ether oxygens (including phenoxy) is 8. The lowest BCUT2D eigenvalue weighted by Crippen LogP contribution is -2.16. The highest BCUT2D eigenvalue weighted by Gasteiger charge is 2.06. The molecule has 29 heavy (non-hydrogen) atoms. The fraction of sp³-hybridized carbons (Fsp3) is 0.700. The van der Waals surface area contributed by atoms with Crippen molar-refractivity contribution in [2.45, 2.75) is 0 Å². The lowest BCUT2D eigenvalue weighted by molar-refractivity contribution is -0.0193. The molecule has 8 nitrogen and oxygen atoms in total. The van der Waals surface area contributed by atoms with Crippen LogP contribution >= 0.6 is 15.9 Å². The van der Waals surface area contributed by atoms with Gasteiger partial charge in [0, 0.05) is 4.47 Å². The summed E-state index contributed by atoms with van der Waals surface area (Å²) in [6.45, 7) is 7.03. The van der Waals surface area contributed by atoms with E-state index in [4.69, 9.17) is 37.9 Å².